The van der Waals surface area contributed by atoms with Gasteiger partial charge in [0.15, 0.2) is 5.65 Å². The number of benzene rings is 1. The summed E-state index contributed by atoms with van der Waals surface area (Å²) in [5.41, 5.74) is 2.80. The molecule has 4 aromatic rings. The monoisotopic (exact) mass is 305 g/mol. The smallest absolute Gasteiger partial charge is 0.157 e. The summed E-state index contributed by atoms with van der Waals surface area (Å²) < 4.78 is 1.82. The first-order valence-corrected chi connectivity index (χ1v) is 7.27. The van der Waals surface area contributed by atoms with Crippen LogP contribution in [0.3, 0.4) is 0 Å². The zero-order valence-electron chi connectivity index (χ0n) is 12.6. The maximum atomic E-state index is 4.68. The lowest BCUT2D eigenvalue weighted by molar-refractivity contribution is 0.796. The molecule has 0 radical (unpaired) electrons. The lowest BCUT2D eigenvalue weighted by atomic mass is 10.1. The first-order chi connectivity index (χ1) is 11.3. The topological polar surface area (TPSA) is 75.0 Å². The van der Waals surface area contributed by atoms with Crippen molar-refractivity contribution in [2.24, 2.45) is 0 Å². The van der Waals surface area contributed by atoms with Gasteiger partial charge in [-0.15, -0.1) is 0 Å². The molecule has 0 saturated carbocycles. The molecule has 0 bridgehead atoms. The third-order valence-electron chi connectivity index (χ3n) is 3.65. The van der Waals surface area contributed by atoms with Crippen LogP contribution in [0.15, 0.2) is 55.0 Å². The van der Waals surface area contributed by atoms with Gasteiger partial charge in [0.2, 0.25) is 0 Å². The van der Waals surface area contributed by atoms with Crippen LogP contribution in [0.25, 0.3) is 16.9 Å². The minimum absolute atomic E-state index is 0.604. The van der Waals surface area contributed by atoms with Gasteiger partial charge in [0.05, 0.1) is 18.4 Å². The molecular formula is C16H15N7. The first kappa shape index (κ1) is 13.4. The van der Waals surface area contributed by atoms with Crippen molar-refractivity contribution in [2.45, 2.75) is 6.54 Å². The number of hydrogen-bond acceptors (Lipinski definition) is 5. The van der Waals surface area contributed by atoms with Crippen LogP contribution in [0.4, 0.5) is 5.82 Å². The van der Waals surface area contributed by atoms with Crippen LogP contribution in [0, 0.1) is 0 Å². The number of hydrogen-bond donors (Lipinski definition) is 1. The Morgan fingerprint density at radius 3 is 2.83 bits per heavy atom. The van der Waals surface area contributed by atoms with Gasteiger partial charge in [0.25, 0.3) is 0 Å². The molecule has 7 heteroatoms. The molecule has 23 heavy (non-hydrogen) atoms. The van der Waals surface area contributed by atoms with E-state index in [4.69, 9.17) is 0 Å². The number of rotatable bonds is 4. The maximum absolute atomic E-state index is 4.68. The Bertz CT molecular complexity index is 912. The predicted octanol–water partition coefficient (Wildman–Crippen LogP) is 2.15. The maximum Gasteiger partial charge on any atom is 0.157 e. The second-order valence-electron chi connectivity index (χ2n) is 5.26. The van der Waals surface area contributed by atoms with Gasteiger partial charge in [-0.3, -0.25) is 5.10 Å². The van der Waals surface area contributed by atoms with E-state index in [2.05, 4.69) is 42.3 Å². The Morgan fingerprint density at radius 1 is 1.17 bits per heavy atom. The lowest BCUT2D eigenvalue weighted by Crippen LogP contribution is -2.21. The van der Waals surface area contributed by atoms with Gasteiger partial charge < -0.3 is 4.90 Å². The van der Waals surface area contributed by atoms with Crippen LogP contribution in [0.1, 0.15) is 5.82 Å². The Hall–Kier alpha value is -3.22. The number of nitrogens with zero attached hydrogens (tertiary/aromatic N) is 6. The third kappa shape index (κ3) is 2.52. The van der Waals surface area contributed by atoms with Crippen molar-refractivity contribution in [1.82, 2.24) is 29.8 Å². The number of nitrogens with one attached hydrogen (secondary N) is 1. The van der Waals surface area contributed by atoms with E-state index in [0.717, 1.165) is 28.5 Å². The number of aromatic nitrogens is 6. The SMILES string of the molecule is CN(Cc1ncn[nH]1)c1cc(-c2ccccc2)nc2ccnn12. The molecule has 1 N–H and O–H groups in total. The summed E-state index contributed by atoms with van der Waals surface area (Å²) in [4.78, 5) is 10.9. The van der Waals surface area contributed by atoms with Crippen LogP contribution in [0.5, 0.6) is 0 Å². The standard InChI is InChI=1S/C16H15N7/c1-22(10-14-17-11-18-21-14)16-9-13(12-5-3-2-4-6-12)20-15-7-8-19-23(15)16/h2-9,11H,10H2,1H3,(H,17,18,21). The van der Waals surface area contributed by atoms with Gasteiger partial charge in [-0.05, 0) is 0 Å². The fourth-order valence-corrected chi connectivity index (χ4v) is 2.54. The molecule has 3 aromatic heterocycles. The quantitative estimate of drug-likeness (QED) is 0.625. The van der Waals surface area contributed by atoms with E-state index in [1.165, 1.54) is 6.33 Å². The van der Waals surface area contributed by atoms with Crippen molar-refractivity contribution >= 4 is 11.5 Å². The Kier molecular flexibility index (Phi) is 3.23. The average Bonchev–Trinajstić information content (AvgIpc) is 3.25. The second-order valence-corrected chi connectivity index (χ2v) is 5.26. The molecule has 7 nitrogen and oxygen atoms in total. The minimum atomic E-state index is 0.604. The number of fused-ring (bicyclic) bond motifs is 1. The lowest BCUT2D eigenvalue weighted by Gasteiger charge is -2.19. The summed E-state index contributed by atoms with van der Waals surface area (Å²) in [6.45, 7) is 0.604. The Labute approximate surface area is 132 Å². The van der Waals surface area contributed by atoms with E-state index in [0.29, 0.717) is 6.54 Å². The number of H-pyrrole nitrogens is 1. The van der Waals surface area contributed by atoms with Crippen LogP contribution in [-0.2, 0) is 6.54 Å². The van der Waals surface area contributed by atoms with Gasteiger partial charge in [-0.2, -0.15) is 14.7 Å². The average molecular weight is 305 g/mol. The van der Waals surface area contributed by atoms with Crippen molar-refractivity contribution in [3.05, 3.63) is 60.8 Å². The molecule has 0 unspecified atom stereocenters. The normalized spacial score (nSPS) is 11.0. The number of aromatic amines is 1. The van der Waals surface area contributed by atoms with Crippen molar-refractivity contribution < 1.29 is 0 Å². The van der Waals surface area contributed by atoms with E-state index in [-0.39, 0.29) is 0 Å². The van der Waals surface area contributed by atoms with Gasteiger partial charge >= 0.3 is 0 Å². The summed E-state index contributed by atoms with van der Waals surface area (Å²) in [5, 5.41) is 11.1. The van der Waals surface area contributed by atoms with E-state index in [1.54, 1.807) is 6.20 Å². The highest BCUT2D eigenvalue weighted by Crippen LogP contribution is 2.24. The molecule has 0 atom stereocenters. The summed E-state index contributed by atoms with van der Waals surface area (Å²) in [6.07, 6.45) is 3.26. The fraction of sp³-hybridized carbons (Fsp3) is 0.125. The number of anilines is 1. The van der Waals surface area contributed by atoms with E-state index < -0.39 is 0 Å². The van der Waals surface area contributed by atoms with E-state index in [1.807, 2.05) is 41.9 Å². The van der Waals surface area contributed by atoms with Crippen LogP contribution in [-0.4, -0.2) is 36.8 Å². The van der Waals surface area contributed by atoms with E-state index >= 15 is 0 Å². The summed E-state index contributed by atoms with van der Waals surface area (Å²) >= 11 is 0. The summed E-state index contributed by atoms with van der Waals surface area (Å²) in [5.74, 6) is 1.74. The molecule has 0 saturated heterocycles. The Balaban J connectivity index is 1.80. The van der Waals surface area contributed by atoms with Crippen LogP contribution < -0.4 is 4.90 Å². The molecule has 4 rings (SSSR count). The zero-order valence-corrected chi connectivity index (χ0v) is 12.6. The summed E-state index contributed by atoms with van der Waals surface area (Å²) in [6, 6.07) is 14.1. The van der Waals surface area contributed by atoms with Crippen LogP contribution >= 0.6 is 0 Å². The van der Waals surface area contributed by atoms with Gasteiger partial charge in [-0.1, -0.05) is 30.3 Å². The molecule has 0 amide bonds. The van der Waals surface area contributed by atoms with Gasteiger partial charge in [0.1, 0.15) is 18.0 Å². The highest BCUT2D eigenvalue weighted by molar-refractivity contribution is 5.66. The molecule has 0 spiro atoms. The summed E-state index contributed by atoms with van der Waals surface area (Å²) in [7, 11) is 1.99. The second kappa shape index (κ2) is 5.53. The molecule has 0 aliphatic rings. The van der Waals surface area contributed by atoms with Gasteiger partial charge in [0, 0.05) is 24.7 Å². The predicted molar refractivity (Wildman–Crippen MR) is 86.9 cm³/mol. The molecule has 3 heterocycles. The molecule has 0 aliphatic heterocycles. The fourth-order valence-electron chi connectivity index (χ4n) is 2.54. The van der Waals surface area contributed by atoms with Crippen LogP contribution in [0.2, 0.25) is 0 Å². The molecule has 0 aliphatic carbocycles. The van der Waals surface area contributed by atoms with Crippen molar-refractivity contribution in [1.29, 1.82) is 0 Å². The van der Waals surface area contributed by atoms with Crippen molar-refractivity contribution in [3.63, 3.8) is 0 Å². The minimum Gasteiger partial charge on any atom is -0.352 e. The van der Waals surface area contributed by atoms with Gasteiger partial charge in [-0.25, -0.2) is 9.97 Å². The molecule has 1 aromatic carbocycles. The largest absolute Gasteiger partial charge is 0.352 e. The highest BCUT2D eigenvalue weighted by atomic mass is 15.3. The highest BCUT2D eigenvalue weighted by Gasteiger charge is 2.13. The Morgan fingerprint density at radius 2 is 2.04 bits per heavy atom. The van der Waals surface area contributed by atoms with Crippen molar-refractivity contribution in [2.75, 3.05) is 11.9 Å². The zero-order chi connectivity index (χ0) is 15.6. The molecular weight excluding hydrogens is 290 g/mol. The molecule has 114 valence electrons. The molecule has 0 fully saturated rings. The van der Waals surface area contributed by atoms with E-state index in [9.17, 15) is 0 Å². The van der Waals surface area contributed by atoms with Crippen molar-refractivity contribution in [3.8, 4) is 11.3 Å². The first-order valence-electron chi connectivity index (χ1n) is 7.27. The third-order valence-corrected chi connectivity index (χ3v) is 3.65.